The number of benzene rings is 1. The van der Waals surface area contributed by atoms with Crippen molar-refractivity contribution in [3.05, 3.63) is 41.4 Å². The molecular weight excluding hydrogens is 401 g/mol. The van der Waals surface area contributed by atoms with E-state index in [1.807, 2.05) is 46.7 Å². The molecule has 0 saturated carbocycles. The molecule has 3 fully saturated rings. The highest BCUT2D eigenvalue weighted by Gasteiger charge is 2.43. The second kappa shape index (κ2) is 8.68. The SMILES string of the molecule is CCOc1cccc(OCC)c1P.O=C1C=C(N2CC2)C(=O)C(N2CC2)=C1N1CC1. The van der Waals surface area contributed by atoms with Crippen molar-refractivity contribution in [2.45, 2.75) is 13.8 Å². The number of allylic oxidation sites excluding steroid dienone is 1. The van der Waals surface area contributed by atoms with Gasteiger partial charge in [0.25, 0.3) is 0 Å². The van der Waals surface area contributed by atoms with E-state index >= 15 is 0 Å². The first-order valence-corrected chi connectivity index (χ1v) is 11.1. The lowest BCUT2D eigenvalue weighted by atomic mass is 10.0. The number of Topliss-reactive ketones (excluding diaryl/α,β-unsaturated/α-hetero) is 1. The Morgan fingerprint density at radius 3 is 1.80 bits per heavy atom. The van der Waals surface area contributed by atoms with Gasteiger partial charge in [-0.2, -0.15) is 0 Å². The normalized spacial score (nSPS) is 19.3. The maximum atomic E-state index is 12.4. The fourth-order valence-electron chi connectivity index (χ4n) is 3.36. The fraction of sp³-hybridized carbons (Fsp3) is 0.455. The van der Waals surface area contributed by atoms with Gasteiger partial charge in [-0.1, -0.05) is 15.3 Å². The zero-order valence-electron chi connectivity index (χ0n) is 17.5. The molecule has 3 heterocycles. The molecule has 0 bridgehead atoms. The smallest absolute Gasteiger partial charge is 0.227 e. The molecule has 0 spiro atoms. The maximum Gasteiger partial charge on any atom is 0.227 e. The summed E-state index contributed by atoms with van der Waals surface area (Å²) in [5, 5.41) is 0.992. The van der Waals surface area contributed by atoms with Crippen molar-refractivity contribution < 1.29 is 19.1 Å². The third-order valence-corrected chi connectivity index (χ3v) is 5.68. The number of carbonyl (C=O) groups excluding carboxylic acids is 2. The quantitative estimate of drug-likeness (QED) is 0.366. The predicted molar refractivity (Wildman–Crippen MR) is 118 cm³/mol. The summed E-state index contributed by atoms with van der Waals surface area (Å²) in [6.07, 6.45) is 1.52. The van der Waals surface area contributed by atoms with Crippen LogP contribution in [0.5, 0.6) is 11.5 Å². The van der Waals surface area contributed by atoms with Crippen LogP contribution in [0.3, 0.4) is 0 Å². The number of rotatable bonds is 7. The molecule has 0 aromatic heterocycles. The number of ketones is 2. The summed E-state index contributed by atoms with van der Waals surface area (Å²) in [5.74, 6) is 1.80. The van der Waals surface area contributed by atoms with Gasteiger partial charge in [0.2, 0.25) is 11.6 Å². The van der Waals surface area contributed by atoms with E-state index in [4.69, 9.17) is 9.47 Å². The third-order valence-electron chi connectivity index (χ3n) is 5.11. The Kier molecular flexibility index (Phi) is 6.00. The van der Waals surface area contributed by atoms with Gasteiger partial charge in [0.05, 0.1) is 24.2 Å². The topological polar surface area (TPSA) is 61.6 Å². The molecule has 160 valence electrons. The molecule has 1 aliphatic carbocycles. The van der Waals surface area contributed by atoms with Gasteiger partial charge in [-0.25, -0.2) is 0 Å². The van der Waals surface area contributed by atoms with Crippen molar-refractivity contribution in [3.8, 4) is 11.5 Å². The standard InChI is InChI=1S/C12H13N3O2.C10H15O2P/c16-9-7-8(13-1-2-13)12(17)11(15-5-6-15)10(9)14-3-4-14;1-3-11-8-6-5-7-9(10(8)13)12-4-2/h7H,1-6H2;5-7H,3-4,13H2,1-2H3. The van der Waals surface area contributed by atoms with Gasteiger partial charge in [0.15, 0.2) is 0 Å². The van der Waals surface area contributed by atoms with Crippen LogP contribution in [-0.2, 0) is 9.59 Å². The lowest BCUT2D eigenvalue weighted by molar-refractivity contribution is -0.117. The van der Waals surface area contributed by atoms with Gasteiger partial charge in [-0.05, 0) is 26.0 Å². The summed E-state index contributed by atoms with van der Waals surface area (Å²) in [7, 11) is 2.64. The molecule has 0 N–H and O–H groups in total. The Morgan fingerprint density at radius 2 is 1.33 bits per heavy atom. The maximum absolute atomic E-state index is 12.4. The Labute approximate surface area is 179 Å². The van der Waals surface area contributed by atoms with Crippen LogP contribution in [0.1, 0.15) is 13.8 Å². The molecular formula is C22H28N3O4P. The van der Waals surface area contributed by atoms with Gasteiger partial charge < -0.3 is 24.2 Å². The summed E-state index contributed by atoms with van der Waals surface area (Å²) in [6.45, 7) is 10.7. The molecule has 0 amide bonds. The van der Waals surface area contributed by atoms with Crippen LogP contribution in [0, 0.1) is 0 Å². The van der Waals surface area contributed by atoms with Crippen molar-refractivity contribution in [1.82, 2.24) is 14.7 Å². The van der Waals surface area contributed by atoms with E-state index < -0.39 is 0 Å². The molecule has 0 radical (unpaired) electrons. The number of ether oxygens (including phenoxy) is 2. The minimum absolute atomic E-state index is 0.00546. The number of carbonyl (C=O) groups is 2. The molecule has 30 heavy (non-hydrogen) atoms. The van der Waals surface area contributed by atoms with Crippen LogP contribution < -0.4 is 14.8 Å². The van der Waals surface area contributed by atoms with Crippen LogP contribution in [0.4, 0.5) is 0 Å². The van der Waals surface area contributed by atoms with Gasteiger partial charge in [-0.3, -0.25) is 9.59 Å². The molecule has 1 aromatic carbocycles. The Morgan fingerprint density at radius 1 is 0.833 bits per heavy atom. The summed E-state index contributed by atoms with van der Waals surface area (Å²) in [4.78, 5) is 30.5. The van der Waals surface area contributed by atoms with Gasteiger partial charge in [0, 0.05) is 45.3 Å². The number of hydrogen-bond acceptors (Lipinski definition) is 7. The fourth-order valence-corrected chi connectivity index (χ4v) is 3.72. The van der Waals surface area contributed by atoms with E-state index in [-0.39, 0.29) is 11.6 Å². The molecule has 4 aliphatic rings. The first kappa shape index (κ1) is 20.7. The molecule has 1 atom stereocenters. The molecule has 5 rings (SSSR count). The average Bonchev–Trinajstić information content (AvgIpc) is 3.56. The predicted octanol–water partition coefficient (Wildman–Crippen LogP) is 1.16. The molecule has 8 heteroatoms. The second-order valence-electron chi connectivity index (χ2n) is 7.42. The van der Waals surface area contributed by atoms with Crippen molar-refractivity contribution in [2.24, 2.45) is 0 Å². The van der Waals surface area contributed by atoms with Gasteiger partial charge in [-0.15, -0.1) is 0 Å². The van der Waals surface area contributed by atoms with Crippen LogP contribution >= 0.6 is 9.24 Å². The van der Waals surface area contributed by atoms with Crippen molar-refractivity contribution >= 4 is 26.1 Å². The molecule has 1 aromatic rings. The van der Waals surface area contributed by atoms with Crippen molar-refractivity contribution in [1.29, 1.82) is 0 Å². The van der Waals surface area contributed by atoms with E-state index in [1.54, 1.807) is 0 Å². The lowest BCUT2D eigenvalue weighted by Crippen LogP contribution is -2.29. The monoisotopic (exact) mass is 429 g/mol. The minimum Gasteiger partial charge on any atom is -0.493 e. The highest BCUT2D eigenvalue weighted by atomic mass is 31.0. The summed E-state index contributed by atoms with van der Waals surface area (Å²) in [6, 6.07) is 5.81. The summed E-state index contributed by atoms with van der Waals surface area (Å²) >= 11 is 0. The van der Waals surface area contributed by atoms with Gasteiger partial charge in [0.1, 0.15) is 22.9 Å². The highest BCUT2D eigenvalue weighted by Crippen LogP contribution is 2.33. The van der Waals surface area contributed by atoms with Crippen molar-refractivity contribution in [2.75, 3.05) is 52.5 Å². The van der Waals surface area contributed by atoms with Crippen LogP contribution in [0.25, 0.3) is 0 Å². The average molecular weight is 429 g/mol. The minimum atomic E-state index is 0.00546. The summed E-state index contributed by atoms with van der Waals surface area (Å²) in [5.41, 5.74) is 1.89. The molecule has 3 aliphatic heterocycles. The van der Waals surface area contributed by atoms with Crippen LogP contribution in [0.2, 0.25) is 0 Å². The summed E-state index contributed by atoms with van der Waals surface area (Å²) < 4.78 is 10.8. The molecule has 1 unspecified atom stereocenters. The van der Waals surface area contributed by atoms with E-state index in [0.29, 0.717) is 30.3 Å². The van der Waals surface area contributed by atoms with E-state index in [9.17, 15) is 9.59 Å². The van der Waals surface area contributed by atoms with E-state index in [2.05, 4.69) is 9.24 Å². The van der Waals surface area contributed by atoms with Crippen LogP contribution in [0.15, 0.2) is 41.4 Å². The van der Waals surface area contributed by atoms with Crippen molar-refractivity contribution in [3.63, 3.8) is 0 Å². The Bertz CT molecular complexity index is 891. The first-order valence-electron chi connectivity index (χ1n) is 10.5. The zero-order valence-corrected chi connectivity index (χ0v) is 18.7. The largest absolute Gasteiger partial charge is 0.493 e. The Balaban J connectivity index is 0.000000152. The van der Waals surface area contributed by atoms with Gasteiger partial charge >= 0.3 is 0 Å². The Hall–Kier alpha value is -2.53. The van der Waals surface area contributed by atoms with E-state index in [1.165, 1.54) is 6.08 Å². The second-order valence-corrected chi connectivity index (χ2v) is 7.99. The van der Waals surface area contributed by atoms with Crippen LogP contribution in [-0.4, -0.2) is 78.7 Å². The third kappa shape index (κ3) is 4.46. The number of hydrogen-bond donors (Lipinski definition) is 0. The lowest BCUT2D eigenvalue weighted by Gasteiger charge is -2.21. The molecule has 7 nitrogen and oxygen atoms in total. The first-order chi connectivity index (χ1) is 14.5. The van der Waals surface area contributed by atoms with E-state index in [0.717, 1.165) is 56.1 Å². The number of nitrogens with zero attached hydrogens (tertiary/aromatic N) is 3. The highest BCUT2D eigenvalue weighted by molar-refractivity contribution is 7.28. The molecule has 3 saturated heterocycles. The zero-order chi connectivity index (χ0) is 21.3.